The molecule has 7 nitrogen and oxygen atoms in total. The number of benzene rings is 3. The first-order valence-electron chi connectivity index (χ1n) is 10.6. The van der Waals surface area contributed by atoms with Gasteiger partial charge in [0.05, 0.1) is 44.3 Å². The molecule has 3 aromatic carbocycles. The monoisotopic (exact) mass is 455 g/mol. The molecule has 0 aliphatic heterocycles. The lowest BCUT2D eigenvalue weighted by Crippen LogP contribution is -2.18. The summed E-state index contributed by atoms with van der Waals surface area (Å²) in [5.41, 5.74) is 7.33. The van der Waals surface area contributed by atoms with Crippen LogP contribution in [0, 0.1) is 6.92 Å². The van der Waals surface area contributed by atoms with Crippen molar-refractivity contribution in [3.63, 3.8) is 0 Å². The van der Waals surface area contributed by atoms with Crippen LogP contribution in [-0.4, -0.2) is 38.4 Å². The minimum absolute atomic E-state index is 0.337. The Labute approximate surface area is 198 Å². The van der Waals surface area contributed by atoms with Crippen molar-refractivity contribution in [1.29, 1.82) is 0 Å². The van der Waals surface area contributed by atoms with Crippen molar-refractivity contribution in [1.82, 2.24) is 10.4 Å². The summed E-state index contributed by atoms with van der Waals surface area (Å²) in [6.45, 7) is 2.03. The highest BCUT2D eigenvalue weighted by Gasteiger charge is 2.15. The third-order valence-corrected chi connectivity index (χ3v) is 5.37. The van der Waals surface area contributed by atoms with Gasteiger partial charge in [-0.15, -0.1) is 0 Å². The summed E-state index contributed by atoms with van der Waals surface area (Å²) in [6.07, 6.45) is 1.52. The number of amides is 1. The first-order chi connectivity index (χ1) is 16.5. The van der Waals surface area contributed by atoms with Gasteiger partial charge < -0.3 is 14.2 Å². The summed E-state index contributed by atoms with van der Waals surface area (Å²) in [5, 5.41) is 4.90. The molecule has 0 unspecified atom stereocenters. The molecule has 0 saturated heterocycles. The lowest BCUT2D eigenvalue weighted by molar-refractivity contribution is 0.0956. The lowest BCUT2D eigenvalue weighted by atomic mass is 10.0. The van der Waals surface area contributed by atoms with Crippen LogP contribution in [0.15, 0.2) is 71.8 Å². The zero-order valence-corrected chi connectivity index (χ0v) is 19.5. The number of nitrogens with zero attached hydrogens (tertiary/aromatic N) is 2. The highest BCUT2D eigenvalue weighted by Crippen LogP contribution is 2.37. The van der Waals surface area contributed by atoms with Gasteiger partial charge in [-0.25, -0.2) is 10.4 Å². The van der Waals surface area contributed by atoms with Gasteiger partial charge >= 0.3 is 0 Å². The molecule has 0 saturated carbocycles. The van der Waals surface area contributed by atoms with Gasteiger partial charge in [0.2, 0.25) is 5.75 Å². The van der Waals surface area contributed by atoms with Crippen LogP contribution < -0.4 is 19.6 Å². The highest BCUT2D eigenvalue weighted by atomic mass is 16.5. The second kappa shape index (κ2) is 10.0. The van der Waals surface area contributed by atoms with Gasteiger partial charge in [0.1, 0.15) is 0 Å². The molecule has 7 heteroatoms. The molecule has 1 N–H and O–H groups in total. The fraction of sp³-hybridized carbons (Fsp3) is 0.148. The van der Waals surface area contributed by atoms with Crippen molar-refractivity contribution in [2.24, 2.45) is 5.10 Å². The van der Waals surface area contributed by atoms with Crippen molar-refractivity contribution in [3.8, 4) is 28.5 Å². The Balaban J connectivity index is 1.64. The van der Waals surface area contributed by atoms with Crippen LogP contribution in [-0.2, 0) is 0 Å². The molecule has 1 aromatic heterocycles. The minimum atomic E-state index is -0.337. The van der Waals surface area contributed by atoms with Gasteiger partial charge in [0.15, 0.2) is 11.5 Å². The number of carbonyl (C=O) groups is 1. The van der Waals surface area contributed by atoms with E-state index < -0.39 is 0 Å². The molecule has 1 amide bonds. The number of hydrazone groups is 1. The molecule has 0 atom stereocenters. The molecule has 34 heavy (non-hydrogen) atoms. The predicted molar refractivity (Wildman–Crippen MR) is 133 cm³/mol. The first kappa shape index (κ1) is 22.8. The maximum atomic E-state index is 13.1. The summed E-state index contributed by atoms with van der Waals surface area (Å²) in [5.74, 6) is 1.14. The van der Waals surface area contributed by atoms with Gasteiger partial charge in [-0.05, 0) is 31.2 Å². The highest BCUT2D eigenvalue weighted by molar-refractivity contribution is 6.07. The average Bonchev–Trinajstić information content (AvgIpc) is 2.87. The van der Waals surface area contributed by atoms with Gasteiger partial charge in [0, 0.05) is 16.5 Å². The molecule has 1 heterocycles. The van der Waals surface area contributed by atoms with Crippen LogP contribution in [0.1, 0.15) is 21.5 Å². The van der Waals surface area contributed by atoms with E-state index in [4.69, 9.17) is 19.2 Å². The fourth-order valence-electron chi connectivity index (χ4n) is 3.64. The minimum Gasteiger partial charge on any atom is -0.493 e. The summed E-state index contributed by atoms with van der Waals surface area (Å²) in [7, 11) is 4.62. The summed E-state index contributed by atoms with van der Waals surface area (Å²) in [4.78, 5) is 17.9. The molecular formula is C27H25N3O4. The maximum Gasteiger partial charge on any atom is 0.272 e. The van der Waals surface area contributed by atoms with E-state index in [0.29, 0.717) is 28.4 Å². The molecule has 0 aliphatic rings. The summed E-state index contributed by atoms with van der Waals surface area (Å²) in [6, 6.07) is 20.9. The SMILES string of the molecule is COc1cc(C=NNC(=O)c2cc(-c3ccc(C)cc3)nc3ccccc23)cc(OC)c1OC. The van der Waals surface area contributed by atoms with Crippen LogP contribution in [0.4, 0.5) is 0 Å². The Kier molecular flexibility index (Phi) is 6.73. The number of rotatable bonds is 7. The molecule has 0 spiro atoms. The Hall–Kier alpha value is -4.39. The molecule has 4 rings (SSSR count). The van der Waals surface area contributed by atoms with Crippen molar-refractivity contribution in [2.45, 2.75) is 6.92 Å². The average molecular weight is 456 g/mol. The van der Waals surface area contributed by atoms with E-state index in [1.807, 2.05) is 55.5 Å². The smallest absolute Gasteiger partial charge is 0.272 e. The van der Waals surface area contributed by atoms with E-state index in [-0.39, 0.29) is 5.91 Å². The van der Waals surface area contributed by atoms with Crippen molar-refractivity contribution in [3.05, 3.63) is 83.4 Å². The second-order valence-electron chi connectivity index (χ2n) is 7.60. The normalized spacial score (nSPS) is 10.9. The number of pyridine rings is 1. The Morgan fingerprint density at radius 1 is 0.912 bits per heavy atom. The van der Waals surface area contributed by atoms with Crippen LogP contribution in [0.25, 0.3) is 22.2 Å². The molecular weight excluding hydrogens is 430 g/mol. The third-order valence-electron chi connectivity index (χ3n) is 5.37. The standard InChI is InChI=1S/C27H25N3O4/c1-17-9-11-19(12-10-17)23-15-21(20-7-5-6-8-22(20)29-23)27(31)30-28-16-18-13-24(32-2)26(34-4)25(14-18)33-3/h5-16H,1-4H3,(H,30,31). The largest absolute Gasteiger partial charge is 0.493 e. The van der Waals surface area contributed by atoms with E-state index >= 15 is 0 Å². The Morgan fingerprint density at radius 2 is 1.59 bits per heavy atom. The van der Waals surface area contributed by atoms with Crippen LogP contribution >= 0.6 is 0 Å². The van der Waals surface area contributed by atoms with Crippen molar-refractivity contribution < 1.29 is 19.0 Å². The van der Waals surface area contributed by atoms with Gasteiger partial charge in [-0.2, -0.15) is 5.10 Å². The molecule has 0 bridgehead atoms. The molecule has 0 aliphatic carbocycles. The van der Waals surface area contributed by atoms with Gasteiger partial charge in [0.25, 0.3) is 5.91 Å². The van der Waals surface area contributed by atoms with Gasteiger partial charge in [-0.1, -0.05) is 48.0 Å². The maximum absolute atomic E-state index is 13.1. The fourth-order valence-corrected chi connectivity index (χ4v) is 3.64. The predicted octanol–water partition coefficient (Wildman–Crippen LogP) is 5.00. The van der Waals surface area contributed by atoms with Crippen LogP contribution in [0.3, 0.4) is 0 Å². The van der Waals surface area contributed by atoms with E-state index in [1.54, 1.807) is 32.4 Å². The molecule has 172 valence electrons. The lowest BCUT2D eigenvalue weighted by Gasteiger charge is -2.12. The van der Waals surface area contributed by atoms with Crippen LogP contribution in [0.2, 0.25) is 0 Å². The Morgan fingerprint density at radius 3 is 2.24 bits per heavy atom. The van der Waals surface area contributed by atoms with E-state index in [1.165, 1.54) is 13.3 Å². The number of carbonyl (C=O) groups excluding carboxylic acids is 1. The topological polar surface area (TPSA) is 82.0 Å². The zero-order chi connectivity index (χ0) is 24.1. The quantitative estimate of drug-likeness (QED) is 0.313. The zero-order valence-electron chi connectivity index (χ0n) is 19.5. The first-order valence-corrected chi connectivity index (χ1v) is 10.6. The van der Waals surface area contributed by atoms with Crippen LogP contribution in [0.5, 0.6) is 17.2 Å². The van der Waals surface area contributed by atoms with E-state index in [2.05, 4.69) is 10.5 Å². The molecule has 4 aromatic rings. The number of ether oxygens (including phenoxy) is 3. The number of hydrogen-bond donors (Lipinski definition) is 1. The van der Waals surface area contributed by atoms with E-state index in [9.17, 15) is 4.79 Å². The number of para-hydroxylation sites is 1. The number of nitrogens with one attached hydrogen (secondary N) is 1. The van der Waals surface area contributed by atoms with Crippen molar-refractivity contribution >= 4 is 23.0 Å². The summed E-state index contributed by atoms with van der Waals surface area (Å²) >= 11 is 0. The number of fused-ring (bicyclic) bond motifs is 1. The van der Waals surface area contributed by atoms with E-state index in [0.717, 1.165) is 27.7 Å². The van der Waals surface area contributed by atoms with Crippen molar-refractivity contribution in [2.75, 3.05) is 21.3 Å². The second-order valence-corrected chi connectivity index (χ2v) is 7.60. The number of hydrogen-bond acceptors (Lipinski definition) is 6. The number of aromatic nitrogens is 1. The Bertz CT molecular complexity index is 1340. The molecule has 0 fully saturated rings. The molecule has 0 radical (unpaired) electrons. The number of aryl methyl sites for hydroxylation is 1. The van der Waals surface area contributed by atoms with Gasteiger partial charge in [-0.3, -0.25) is 4.79 Å². The third kappa shape index (κ3) is 4.68. The number of methoxy groups -OCH3 is 3. The summed E-state index contributed by atoms with van der Waals surface area (Å²) < 4.78 is 16.1.